The van der Waals surface area contributed by atoms with Gasteiger partial charge in [-0.25, -0.2) is 4.98 Å². The molecule has 0 saturated heterocycles. The summed E-state index contributed by atoms with van der Waals surface area (Å²) in [6, 6.07) is 4.53. The first-order valence-corrected chi connectivity index (χ1v) is 10.2. The van der Waals surface area contributed by atoms with E-state index in [2.05, 4.69) is 25.9 Å². The standard InChI is InChI=1S/C18H20F3N5O2S/c1-29-5-4-12(9-27)23-16-13(18(19,20)21)8-22-17(26-16)24-11-2-3-14-10(6-11)7-15(28)25-14/h2-3,6,8,12,27H,4-5,7,9H2,1H3,(H,25,28)(H2,22,23,24,26)/t12-/m0/s1. The Hall–Kier alpha value is -2.53. The molecule has 1 amide bonds. The van der Waals surface area contributed by atoms with Crippen LogP contribution in [-0.4, -0.2) is 45.6 Å². The van der Waals surface area contributed by atoms with E-state index in [0.717, 1.165) is 5.56 Å². The molecule has 156 valence electrons. The third-order valence-electron chi connectivity index (χ3n) is 4.31. The Balaban J connectivity index is 1.85. The minimum absolute atomic E-state index is 0.0284. The molecule has 0 unspecified atom stereocenters. The van der Waals surface area contributed by atoms with Crippen LogP contribution >= 0.6 is 11.8 Å². The number of benzene rings is 1. The molecule has 1 atom stereocenters. The number of rotatable bonds is 8. The van der Waals surface area contributed by atoms with Gasteiger partial charge in [0.2, 0.25) is 11.9 Å². The van der Waals surface area contributed by atoms with Gasteiger partial charge in [0, 0.05) is 17.6 Å². The number of amides is 1. The van der Waals surface area contributed by atoms with Crippen LogP contribution in [0.25, 0.3) is 0 Å². The van der Waals surface area contributed by atoms with Gasteiger partial charge >= 0.3 is 6.18 Å². The lowest BCUT2D eigenvalue weighted by Crippen LogP contribution is -2.27. The van der Waals surface area contributed by atoms with Crippen molar-refractivity contribution in [3.05, 3.63) is 35.5 Å². The summed E-state index contributed by atoms with van der Waals surface area (Å²) in [6.07, 6.45) is -1.34. The highest BCUT2D eigenvalue weighted by molar-refractivity contribution is 7.98. The van der Waals surface area contributed by atoms with Crippen molar-refractivity contribution >= 4 is 40.8 Å². The summed E-state index contributed by atoms with van der Waals surface area (Å²) in [5.74, 6) is 0.139. The second-order valence-corrected chi connectivity index (χ2v) is 7.47. The normalized spacial score (nSPS) is 14.3. The zero-order valence-corrected chi connectivity index (χ0v) is 16.3. The van der Waals surface area contributed by atoms with E-state index in [1.165, 1.54) is 11.8 Å². The number of aliphatic hydroxyl groups is 1. The van der Waals surface area contributed by atoms with Gasteiger partial charge in [0.1, 0.15) is 11.4 Å². The molecular weight excluding hydrogens is 407 g/mol. The summed E-state index contributed by atoms with van der Waals surface area (Å²) in [5.41, 5.74) is 1.03. The van der Waals surface area contributed by atoms with Crippen molar-refractivity contribution in [1.29, 1.82) is 0 Å². The summed E-state index contributed by atoms with van der Waals surface area (Å²) >= 11 is 1.53. The number of nitrogens with one attached hydrogen (secondary N) is 3. The van der Waals surface area contributed by atoms with E-state index >= 15 is 0 Å². The van der Waals surface area contributed by atoms with E-state index in [1.54, 1.807) is 18.2 Å². The summed E-state index contributed by atoms with van der Waals surface area (Å²) in [4.78, 5) is 19.2. The number of fused-ring (bicyclic) bond motifs is 1. The monoisotopic (exact) mass is 427 g/mol. The predicted molar refractivity (Wildman–Crippen MR) is 107 cm³/mol. The molecule has 0 radical (unpaired) electrons. The highest BCUT2D eigenvalue weighted by Gasteiger charge is 2.35. The molecule has 1 aromatic heterocycles. The Kier molecular flexibility index (Phi) is 6.48. The van der Waals surface area contributed by atoms with Crippen LogP contribution in [0.5, 0.6) is 0 Å². The molecule has 2 aromatic rings. The molecule has 0 bridgehead atoms. The smallest absolute Gasteiger partial charge is 0.394 e. The lowest BCUT2D eigenvalue weighted by Gasteiger charge is -2.20. The number of hydrogen-bond acceptors (Lipinski definition) is 7. The van der Waals surface area contributed by atoms with Gasteiger partial charge in [-0.2, -0.15) is 29.9 Å². The molecule has 1 aliphatic heterocycles. The molecule has 4 N–H and O–H groups in total. The molecule has 2 heterocycles. The number of anilines is 4. The Morgan fingerprint density at radius 1 is 1.38 bits per heavy atom. The van der Waals surface area contributed by atoms with Crippen molar-refractivity contribution in [2.24, 2.45) is 0 Å². The average Bonchev–Trinajstić information content (AvgIpc) is 3.03. The lowest BCUT2D eigenvalue weighted by molar-refractivity contribution is -0.137. The molecule has 0 aliphatic carbocycles. The van der Waals surface area contributed by atoms with Crippen LogP contribution in [0.3, 0.4) is 0 Å². The lowest BCUT2D eigenvalue weighted by atomic mass is 10.1. The number of hydrogen-bond donors (Lipinski definition) is 4. The van der Waals surface area contributed by atoms with Crippen molar-refractivity contribution in [3.8, 4) is 0 Å². The first-order chi connectivity index (χ1) is 13.8. The summed E-state index contributed by atoms with van der Waals surface area (Å²) in [6.45, 7) is -0.323. The van der Waals surface area contributed by atoms with E-state index in [0.29, 0.717) is 29.7 Å². The first kappa shape index (κ1) is 21.2. The number of carbonyl (C=O) groups excluding carboxylic acids is 1. The summed E-state index contributed by atoms with van der Waals surface area (Å²) < 4.78 is 40.1. The van der Waals surface area contributed by atoms with Gasteiger partial charge < -0.3 is 21.1 Å². The predicted octanol–water partition coefficient (Wildman–Crippen LogP) is 3.26. The Bertz CT molecular complexity index is 894. The van der Waals surface area contributed by atoms with Crippen LogP contribution < -0.4 is 16.0 Å². The van der Waals surface area contributed by atoms with Crippen LogP contribution in [0.4, 0.5) is 36.3 Å². The maximum atomic E-state index is 13.4. The molecule has 1 aliphatic rings. The Morgan fingerprint density at radius 2 is 2.17 bits per heavy atom. The fourth-order valence-electron chi connectivity index (χ4n) is 2.86. The topological polar surface area (TPSA) is 99.2 Å². The molecule has 11 heteroatoms. The summed E-state index contributed by atoms with van der Waals surface area (Å²) in [7, 11) is 0. The van der Waals surface area contributed by atoms with Crippen molar-refractivity contribution in [3.63, 3.8) is 0 Å². The van der Waals surface area contributed by atoms with Gasteiger partial charge in [0.05, 0.1) is 19.1 Å². The van der Waals surface area contributed by atoms with Gasteiger partial charge in [-0.3, -0.25) is 4.79 Å². The third kappa shape index (κ3) is 5.30. The highest BCUT2D eigenvalue weighted by atomic mass is 32.2. The average molecular weight is 427 g/mol. The zero-order valence-electron chi connectivity index (χ0n) is 15.5. The SMILES string of the molecule is CSCC[C@@H](CO)Nc1nc(Nc2ccc3c(c2)CC(=O)N3)ncc1C(F)(F)F. The molecule has 0 spiro atoms. The molecule has 0 fully saturated rings. The number of thioether (sulfide) groups is 1. The quantitative estimate of drug-likeness (QED) is 0.513. The van der Waals surface area contributed by atoms with Crippen molar-refractivity contribution < 1.29 is 23.1 Å². The maximum absolute atomic E-state index is 13.4. The highest BCUT2D eigenvalue weighted by Crippen LogP contribution is 2.35. The number of aliphatic hydroxyl groups excluding tert-OH is 1. The Morgan fingerprint density at radius 3 is 2.86 bits per heavy atom. The second-order valence-electron chi connectivity index (χ2n) is 6.48. The van der Waals surface area contributed by atoms with Gasteiger partial charge in [-0.15, -0.1) is 0 Å². The molecule has 0 saturated carbocycles. The molecule has 3 rings (SSSR count). The maximum Gasteiger partial charge on any atom is 0.421 e. The molecule has 7 nitrogen and oxygen atoms in total. The van der Waals surface area contributed by atoms with E-state index in [4.69, 9.17) is 0 Å². The van der Waals surface area contributed by atoms with Gasteiger partial charge in [-0.05, 0) is 42.2 Å². The number of alkyl halides is 3. The van der Waals surface area contributed by atoms with Gasteiger partial charge in [0.25, 0.3) is 0 Å². The van der Waals surface area contributed by atoms with E-state index < -0.39 is 23.6 Å². The third-order valence-corrected chi connectivity index (χ3v) is 4.96. The molecule has 29 heavy (non-hydrogen) atoms. The number of aromatic nitrogens is 2. The van der Waals surface area contributed by atoms with Crippen LogP contribution in [0.1, 0.15) is 17.5 Å². The van der Waals surface area contributed by atoms with E-state index in [1.807, 2.05) is 6.26 Å². The zero-order chi connectivity index (χ0) is 21.0. The van der Waals surface area contributed by atoms with Gasteiger partial charge in [0.15, 0.2) is 0 Å². The number of carbonyl (C=O) groups is 1. The molecule has 1 aromatic carbocycles. The van der Waals surface area contributed by atoms with Crippen molar-refractivity contribution in [2.75, 3.05) is 34.6 Å². The van der Waals surface area contributed by atoms with E-state index in [9.17, 15) is 23.1 Å². The largest absolute Gasteiger partial charge is 0.421 e. The van der Waals surface area contributed by atoms with Crippen molar-refractivity contribution in [1.82, 2.24) is 9.97 Å². The fraction of sp³-hybridized carbons (Fsp3) is 0.389. The minimum Gasteiger partial charge on any atom is -0.394 e. The fourth-order valence-corrected chi connectivity index (χ4v) is 3.38. The first-order valence-electron chi connectivity index (χ1n) is 8.80. The minimum atomic E-state index is -4.64. The van der Waals surface area contributed by atoms with E-state index in [-0.39, 0.29) is 24.9 Å². The van der Waals surface area contributed by atoms with Crippen LogP contribution in [0.2, 0.25) is 0 Å². The van der Waals surface area contributed by atoms with Crippen LogP contribution in [0, 0.1) is 0 Å². The van der Waals surface area contributed by atoms with Crippen LogP contribution in [-0.2, 0) is 17.4 Å². The van der Waals surface area contributed by atoms with Crippen LogP contribution in [0.15, 0.2) is 24.4 Å². The Labute approximate surface area is 169 Å². The number of halogens is 3. The summed E-state index contributed by atoms with van der Waals surface area (Å²) in [5, 5.41) is 17.7. The molecular formula is C18H20F3N5O2S. The van der Waals surface area contributed by atoms with Crippen molar-refractivity contribution in [2.45, 2.75) is 25.1 Å². The second kappa shape index (κ2) is 8.87. The number of nitrogens with zero attached hydrogens (tertiary/aromatic N) is 2. The van der Waals surface area contributed by atoms with Gasteiger partial charge in [-0.1, -0.05) is 0 Å².